The number of rotatable bonds is 5. The maximum atomic E-state index is 11.7. The fraction of sp³-hybridized carbons (Fsp3) is 0.412. The van der Waals surface area contributed by atoms with Crippen molar-refractivity contribution in [3.05, 3.63) is 41.6 Å². The molecule has 1 aliphatic heterocycles. The van der Waals surface area contributed by atoms with Crippen LogP contribution >= 0.6 is 0 Å². The van der Waals surface area contributed by atoms with Gasteiger partial charge in [0, 0.05) is 49.2 Å². The molecular formula is C17H24N3O2S+. The van der Waals surface area contributed by atoms with Crippen molar-refractivity contribution in [3.63, 3.8) is 0 Å². The van der Waals surface area contributed by atoms with Gasteiger partial charge in [-0.1, -0.05) is 12.1 Å². The predicted molar refractivity (Wildman–Crippen MR) is 96.7 cm³/mol. The summed E-state index contributed by atoms with van der Waals surface area (Å²) in [6.07, 6.45) is 6.01. The van der Waals surface area contributed by atoms with Crippen molar-refractivity contribution in [3.8, 4) is 0 Å². The molecule has 1 aliphatic rings. The zero-order valence-electron chi connectivity index (χ0n) is 13.6. The summed E-state index contributed by atoms with van der Waals surface area (Å²) in [5, 5.41) is 1.20. The van der Waals surface area contributed by atoms with Crippen molar-refractivity contribution >= 4 is 26.9 Å². The highest BCUT2D eigenvalue weighted by molar-refractivity contribution is 7.95. The molecule has 0 amide bonds. The highest BCUT2D eigenvalue weighted by atomic mass is 32.3. The number of aromatic nitrogens is 1. The number of fused-ring (bicyclic) bond motifs is 1. The third-order valence-corrected chi connectivity index (χ3v) is 5.89. The van der Waals surface area contributed by atoms with Gasteiger partial charge in [-0.05, 0) is 40.9 Å². The SMILES string of the molecule is CN[S+](=O)(O)CCc1ccc2[nH]cc(C3=CCN(C)CC3)c2c1. The molecule has 0 aliphatic carbocycles. The Labute approximate surface area is 138 Å². The fourth-order valence-corrected chi connectivity index (χ4v) is 3.68. The van der Waals surface area contributed by atoms with Crippen LogP contribution in [-0.4, -0.2) is 47.4 Å². The second kappa shape index (κ2) is 6.57. The monoisotopic (exact) mass is 334 g/mol. The van der Waals surface area contributed by atoms with Crippen LogP contribution in [-0.2, 0) is 21.0 Å². The molecule has 5 nitrogen and oxygen atoms in total. The highest BCUT2D eigenvalue weighted by Gasteiger charge is 2.21. The summed E-state index contributed by atoms with van der Waals surface area (Å²) in [5.41, 5.74) is 4.84. The number of H-pyrrole nitrogens is 1. The highest BCUT2D eigenvalue weighted by Crippen LogP contribution is 2.29. The molecule has 1 aromatic carbocycles. The topological polar surface area (TPSA) is 68.4 Å². The molecule has 0 radical (unpaired) electrons. The van der Waals surface area contributed by atoms with Gasteiger partial charge < -0.3 is 9.88 Å². The van der Waals surface area contributed by atoms with Gasteiger partial charge in [-0.2, -0.15) is 4.55 Å². The van der Waals surface area contributed by atoms with Gasteiger partial charge in [0.2, 0.25) is 0 Å². The molecule has 2 heterocycles. The van der Waals surface area contributed by atoms with Gasteiger partial charge in [0.05, 0.1) is 0 Å². The Bertz CT molecular complexity index is 781. The second-order valence-corrected chi connectivity index (χ2v) is 8.22. The molecule has 0 saturated heterocycles. The van der Waals surface area contributed by atoms with Crippen LogP contribution in [0, 0.1) is 0 Å². The smallest absolute Gasteiger partial charge is 0.288 e. The lowest BCUT2D eigenvalue weighted by Gasteiger charge is -2.21. The van der Waals surface area contributed by atoms with Gasteiger partial charge >= 0.3 is 0 Å². The molecule has 2 aromatic rings. The van der Waals surface area contributed by atoms with Crippen LogP contribution in [0.25, 0.3) is 16.5 Å². The van der Waals surface area contributed by atoms with E-state index in [0.717, 1.165) is 30.6 Å². The van der Waals surface area contributed by atoms with Crippen LogP contribution in [0.3, 0.4) is 0 Å². The van der Waals surface area contributed by atoms with E-state index < -0.39 is 10.4 Å². The minimum Gasteiger partial charge on any atom is -0.361 e. The van der Waals surface area contributed by atoms with Crippen LogP contribution in [0.4, 0.5) is 0 Å². The van der Waals surface area contributed by atoms with Crippen LogP contribution in [0.5, 0.6) is 0 Å². The van der Waals surface area contributed by atoms with Gasteiger partial charge in [-0.3, -0.25) is 0 Å². The Hall–Kier alpha value is -1.47. The average Bonchev–Trinajstić information content (AvgIpc) is 2.97. The quantitative estimate of drug-likeness (QED) is 0.736. The van der Waals surface area contributed by atoms with E-state index in [9.17, 15) is 8.76 Å². The fourth-order valence-electron chi connectivity index (χ4n) is 2.96. The molecule has 23 heavy (non-hydrogen) atoms. The number of likely N-dealkylation sites (N-methyl/N-ethyl adjacent to an activating group) is 1. The lowest BCUT2D eigenvalue weighted by molar-refractivity contribution is 0.370. The minimum absolute atomic E-state index is 0.224. The lowest BCUT2D eigenvalue weighted by Crippen LogP contribution is -2.30. The summed E-state index contributed by atoms with van der Waals surface area (Å²) >= 11 is 0. The molecular weight excluding hydrogens is 310 g/mol. The number of nitrogens with zero attached hydrogens (tertiary/aromatic N) is 1. The standard InChI is InChI=1S/C17H23N3O2S/c1-18-23(21,22)10-7-13-3-4-17-15(11-13)16(12-19-17)14-5-8-20(2)9-6-14/h3-5,11-12,19H,6-10H2,1-2H3,(H-,18,21,22)/p+1. The van der Waals surface area contributed by atoms with E-state index in [1.54, 1.807) is 0 Å². The van der Waals surface area contributed by atoms with Crippen molar-refractivity contribution in [2.45, 2.75) is 12.8 Å². The van der Waals surface area contributed by atoms with Crippen molar-refractivity contribution in [1.82, 2.24) is 14.6 Å². The third-order valence-electron chi connectivity index (χ3n) is 4.49. The molecule has 124 valence electrons. The van der Waals surface area contributed by atoms with Crippen LogP contribution in [0.2, 0.25) is 0 Å². The van der Waals surface area contributed by atoms with Gasteiger partial charge in [0.15, 0.2) is 5.75 Å². The number of hydrogen-bond donors (Lipinski definition) is 3. The number of aryl methyl sites for hydroxylation is 1. The number of hydrogen-bond acceptors (Lipinski definition) is 2. The summed E-state index contributed by atoms with van der Waals surface area (Å²) in [7, 11) is 0.731. The minimum atomic E-state index is -2.92. The molecule has 1 aromatic heterocycles. The van der Waals surface area contributed by atoms with E-state index in [4.69, 9.17) is 0 Å². The number of benzene rings is 1. The predicted octanol–water partition coefficient (Wildman–Crippen LogP) is 2.54. The molecule has 3 rings (SSSR count). The largest absolute Gasteiger partial charge is 0.361 e. The van der Waals surface area contributed by atoms with E-state index in [2.05, 4.69) is 46.1 Å². The summed E-state index contributed by atoms with van der Waals surface area (Å²) in [4.78, 5) is 5.64. The van der Waals surface area contributed by atoms with Gasteiger partial charge in [0.1, 0.15) is 0 Å². The molecule has 3 N–H and O–H groups in total. The van der Waals surface area contributed by atoms with Crippen molar-refractivity contribution in [2.24, 2.45) is 0 Å². The van der Waals surface area contributed by atoms with E-state index in [1.165, 1.54) is 23.6 Å². The normalized spacial score (nSPS) is 18.8. The maximum absolute atomic E-state index is 11.7. The van der Waals surface area contributed by atoms with Gasteiger partial charge in [-0.15, -0.1) is 4.72 Å². The lowest BCUT2D eigenvalue weighted by atomic mass is 9.98. The van der Waals surface area contributed by atoms with Crippen molar-refractivity contribution < 1.29 is 8.76 Å². The van der Waals surface area contributed by atoms with Gasteiger partial charge in [-0.25, -0.2) is 0 Å². The Balaban J connectivity index is 1.87. The third kappa shape index (κ3) is 3.72. The Morgan fingerprint density at radius 2 is 2.26 bits per heavy atom. The Morgan fingerprint density at radius 3 is 2.96 bits per heavy atom. The molecule has 0 fully saturated rings. The molecule has 0 saturated carbocycles. The molecule has 0 bridgehead atoms. The Kier molecular flexibility index (Phi) is 4.68. The second-order valence-electron chi connectivity index (χ2n) is 6.12. The summed E-state index contributed by atoms with van der Waals surface area (Å²) in [5.74, 6) is 0.224. The first-order valence-corrected chi connectivity index (χ1v) is 9.58. The molecule has 6 heteroatoms. The first-order chi connectivity index (χ1) is 11.0. The maximum Gasteiger partial charge on any atom is 0.288 e. The van der Waals surface area contributed by atoms with Crippen LogP contribution in [0.15, 0.2) is 30.5 Å². The van der Waals surface area contributed by atoms with Gasteiger partial charge in [0.25, 0.3) is 10.4 Å². The molecule has 0 spiro atoms. The first-order valence-electron chi connectivity index (χ1n) is 7.89. The average molecular weight is 334 g/mol. The van der Waals surface area contributed by atoms with Crippen LogP contribution in [0.1, 0.15) is 17.5 Å². The summed E-state index contributed by atoms with van der Waals surface area (Å²) < 4.78 is 23.8. The number of aromatic amines is 1. The number of nitrogens with one attached hydrogen (secondary N) is 2. The summed E-state index contributed by atoms with van der Waals surface area (Å²) in [6.45, 7) is 2.06. The first kappa shape index (κ1) is 16.4. The Morgan fingerprint density at radius 1 is 1.43 bits per heavy atom. The molecule has 1 atom stereocenters. The zero-order chi connectivity index (χ0) is 16.4. The molecule has 1 unspecified atom stereocenters. The van der Waals surface area contributed by atoms with E-state index in [0.29, 0.717) is 6.42 Å². The van der Waals surface area contributed by atoms with Crippen LogP contribution < -0.4 is 4.72 Å². The zero-order valence-corrected chi connectivity index (χ0v) is 14.4. The van der Waals surface area contributed by atoms with E-state index in [-0.39, 0.29) is 5.75 Å². The van der Waals surface area contributed by atoms with E-state index in [1.807, 2.05) is 6.07 Å². The van der Waals surface area contributed by atoms with Crippen molar-refractivity contribution in [2.75, 3.05) is 32.9 Å². The summed E-state index contributed by atoms with van der Waals surface area (Å²) in [6, 6.07) is 6.23. The van der Waals surface area contributed by atoms with Crippen molar-refractivity contribution in [1.29, 1.82) is 0 Å². The van der Waals surface area contributed by atoms with E-state index >= 15 is 0 Å².